The van der Waals surface area contributed by atoms with Crippen LogP contribution in [0.25, 0.3) is 0 Å². The normalized spacial score (nSPS) is 18.8. The zero-order chi connectivity index (χ0) is 6.24. The summed E-state index contributed by atoms with van der Waals surface area (Å²) in [4.78, 5) is 0. The van der Waals surface area contributed by atoms with Crippen molar-refractivity contribution in [3.05, 3.63) is 0 Å². The number of hydrogen-bond donors (Lipinski definition) is 2. The predicted octanol–water partition coefficient (Wildman–Crippen LogP) is 2.36. The quantitative estimate of drug-likeness (QED) is 0.378. The fourth-order valence-electron chi connectivity index (χ4n) is 1.06. The Morgan fingerprint density at radius 2 is 0.625 bits per heavy atom. The summed E-state index contributed by atoms with van der Waals surface area (Å²) in [5, 5.41) is 12.0. The Morgan fingerprint density at radius 1 is 0.500 bits per heavy atom. The zero-order valence-electron chi connectivity index (χ0n) is 5.14. The van der Waals surface area contributed by atoms with Crippen molar-refractivity contribution in [2.24, 2.45) is 0 Å². The molecular weight excluding hydrogens is 104 g/mol. The highest BCUT2D eigenvalue weighted by Crippen LogP contribution is 2.15. The van der Waals surface area contributed by atoms with Gasteiger partial charge in [0, 0.05) is 0 Å². The monoisotopic (exact) mass is 118 g/mol. The summed E-state index contributed by atoms with van der Waals surface area (Å²) in [7, 11) is 0. The van der Waals surface area contributed by atoms with E-state index in [1.54, 1.807) is 0 Å². The second kappa shape index (κ2) is 6.92. The molecule has 8 heavy (non-hydrogen) atoms. The Labute approximate surface area is 50.1 Å². The second-order valence-electron chi connectivity index (χ2n) is 2.12. The van der Waals surface area contributed by atoms with E-state index in [1.807, 2.05) is 0 Å². The highest BCUT2D eigenvalue weighted by Gasteiger charge is 1.95. The molecule has 0 aliphatic heterocycles. The lowest BCUT2D eigenvalue weighted by Crippen LogP contribution is -1.85. The maximum absolute atomic E-state index is 6.00. The molecule has 0 aromatic rings. The lowest BCUT2D eigenvalue weighted by Gasteiger charge is -2.05. The first-order valence-corrected chi connectivity index (χ1v) is 3.20. The molecule has 0 atom stereocenters. The Morgan fingerprint density at radius 3 is 0.750 bits per heavy atom. The summed E-state index contributed by atoms with van der Waals surface area (Å²) in [5.74, 6) is 0. The van der Waals surface area contributed by atoms with Gasteiger partial charge in [-0.3, -0.25) is 10.5 Å². The lowest BCUT2D eigenvalue weighted by atomic mass is 10.0. The first-order valence-electron chi connectivity index (χ1n) is 3.20. The fraction of sp³-hybridized carbons (Fsp3) is 1.00. The predicted molar refractivity (Wildman–Crippen MR) is 33.0 cm³/mol. The van der Waals surface area contributed by atoms with Crippen molar-refractivity contribution in [1.29, 1.82) is 0 Å². The van der Waals surface area contributed by atoms with E-state index >= 15 is 0 Å². The summed E-state index contributed by atoms with van der Waals surface area (Å²) < 4.78 is 0. The Balaban J connectivity index is 0.000000222. The summed E-state index contributed by atoms with van der Waals surface area (Å²) in [6.07, 6.45) is 9.00. The molecule has 0 amide bonds. The molecule has 2 nitrogen and oxygen atoms in total. The first kappa shape index (κ1) is 7.92. The third-order valence-corrected chi connectivity index (χ3v) is 1.50. The molecule has 1 aliphatic carbocycles. The van der Waals surface area contributed by atoms with Crippen molar-refractivity contribution in [3.63, 3.8) is 0 Å². The van der Waals surface area contributed by atoms with Crippen LogP contribution >= 0.6 is 0 Å². The van der Waals surface area contributed by atoms with Crippen LogP contribution in [0.3, 0.4) is 0 Å². The van der Waals surface area contributed by atoms with E-state index in [-0.39, 0.29) is 0 Å². The van der Waals surface area contributed by atoms with E-state index in [0.717, 1.165) is 0 Å². The second-order valence-corrected chi connectivity index (χ2v) is 2.12. The smallest absolute Gasteiger partial charge is 0.0533 e. The van der Waals surface area contributed by atoms with Crippen molar-refractivity contribution >= 4 is 0 Å². The van der Waals surface area contributed by atoms with E-state index < -0.39 is 0 Å². The van der Waals surface area contributed by atoms with Gasteiger partial charge in [-0.15, -0.1) is 0 Å². The Hall–Kier alpha value is -0.0800. The molecule has 0 aromatic heterocycles. The van der Waals surface area contributed by atoms with Gasteiger partial charge in [-0.2, -0.15) is 0 Å². The minimum atomic E-state index is 1.50. The molecule has 1 aliphatic rings. The summed E-state index contributed by atoms with van der Waals surface area (Å²) in [5.41, 5.74) is 0. The van der Waals surface area contributed by atoms with Crippen LogP contribution in [-0.4, -0.2) is 10.5 Å². The van der Waals surface area contributed by atoms with E-state index in [4.69, 9.17) is 10.5 Å². The van der Waals surface area contributed by atoms with Crippen LogP contribution in [0, 0.1) is 0 Å². The van der Waals surface area contributed by atoms with Crippen molar-refractivity contribution in [2.75, 3.05) is 0 Å². The van der Waals surface area contributed by atoms with Gasteiger partial charge in [0.05, 0.1) is 0 Å². The molecular formula is C6H14O2. The van der Waals surface area contributed by atoms with Gasteiger partial charge in [0.2, 0.25) is 0 Å². The highest BCUT2D eigenvalue weighted by atomic mass is 17.0. The summed E-state index contributed by atoms with van der Waals surface area (Å²) >= 11 is 0. The average Bonchev–Trinajstić information content (AvgIpc) is 1.96. The fourth-order valence-corrected chi connectivity index (χ4v) is 1.06. The largest absolute Gasteiger partial charge is 0.255 e. The molecule has 1 rings (SSSR count). The average molecular weight is 118 g/mol. The van der Waals surface area contributed by atoms with Gasteiger partial charge in [0.1, 0.15) is 0 Å². The molecule has 0 unspecified atom stereocenters. The van der Waals surface area contributed by atoms with Crippen LogP contribution < -0.4 is 0 Å². The van der Waals surface area contributed by atoms with Gasteiger partial charge in [-0.05, 0) is 0 Å². The zero-order valence-corrected chi connectivity index (χ0v) is 5.14. The number of hydrogen-bond acceptors (Lipinski definition) is 2. The maximum atomic E-state index is 6.00. The van der Waals surface area contributed by atoms with Crippen molar-refractivity contribution in [3.8, 4) is 0 Å². The third-order valence-electron chi connectivity index (χ3n) is 1.50. The maximum Gasteiger partial charge on any atom is -0.0533 e. The van der Waals surface area contributed by atoms with E-state index in [1.165, 1.54) is 38.5 Å². The van der Waals surface area contributed by atoms with Crippen LogP contribution in [-0.2, 0) is 0 Å². The van der Waals surface area contributed by atoms with E-state index in [9.17, 15) is 0 Å². The Kier molecular flexibility index (Phi) is 6.85. The molecule has 0 bridgehead atoms. The van der Waals surface area contributed by atoms with Gasteiger partial charge in [0.25, 0.3) is 0 Å². The van der Waals surface area contributed by atoms with Crippen LogP contribution in [0.1, 0.15) is 38.5 Å². The molecule has 50 valence electrons. The lowest BCUT2D eigenvalue weighted by molar-refractivity contribution is -0.176. The molecule has 0 spiro atoms. The minimum Gasteiger partial charge on any atom is -0.255 e. The number of rotatable bonds is 0. The van der Waals surface area contributed by atoms with Crippen LogP contribution in [0.15, 0.2) is 0 Å². The van der Waals surface area contributed by atoms with E-state index in [2.05, 4.69) is 0 Å². The third kappa shape index (κ3) is 4.09. The highest BCUT2D eigenvalue weighted by molar-refractivity contribution is 4.51. The molecule has 1 fully saturated rings. The SMILES string of the molecule is C1CCCCC1.OO. The summed E-state index contributed by atoms with van der Waals surface area (Å²) in [6, 6.07) is 0. The first-order chi connectivity index (χ1) is 4.00. The van der Waals surface area contributed by atoms with Gasteiger partial charge < -0.3 is 0 Å². The minimum absolute atomic E-state index is 1.50. The van der Waals surface area contributed by atoms with Gasteiger partial charge >= 0.3 is 0 Å². The molecule has 0 radical (unpaired) electrons. The van der Waals surface area contributed by atoms with Gasteiger partial charge in [-0.25, -0.2) is 0 Å². The van der Waals surface area contributed by atoms with Crippen LogP contribution in [0.5, 0.6) is 0 Å². The van der Waals surface area contributed by atoms with Gasteiger partial charge in [-0.1, -0.05) is 38.5 Å². The molecule has 1 saturated carbocycles. The van der Waals surface area contributed by atoms with Crippen LogP contribution in [0.2, 0.25) is 0 Å². The van der Waals surface area contributed by atoms with Crippen molar-refractivity contribution in [2.45, 2.75) is 38.5 Å². The molecule has 2 N–H and O–H groups in total. The summed E-state index contributed by atoms with van der Waals surface area (Å²) in [6.45, 7) is 0. The molecule has 0 saturated heterocycles. The van der Waals surface area contributed by atoms with Gasteiger partial charge in [0.15, 0.2) is 0 Å². The van der Waals surface area contributed by atoms with Crippen LogP contribution in [0.4, 0.5) is 0 Å². The van der Waals surface area contributed by atoms with Crippen molar-refractivity contribution in [1.82, 2.24) is 0 Å². The topological polar surface area (TPSA) is 40.5 Å². The van der Waals surface area contributed by atoms with E-state index in [0.29, 0.717) is 0 Å². The van der Waals surface area contributed by atoms with Crippen molar-refractivity contribution < 1.29 is 10.5 Å². The molecule has 0 heterocycles. The standard InChI is InChI=1S/C6H12.H2O2/c1-2-4-6-5-3-1;1-2/h1-6H2;1-2H. The Bertz CT molecular complexity index is 22.0. The molecule has 2 heteroatoms. The molecule has 0 aromatic carbocycles.